The minimum absolute atomic E-state index is 0.762. The van der Waals surface area contributed by atoms with Gasteiger partial charge in [-0.15, -0.1) is 0 Å². The molecule has 17 heavy (non-hydrogen) atoms. The molecular weight excluding hydrogens is 284 g/mol. The molecule has 0 aliphatic heterocycles. The van der Waals surface area contributed by atoms with E-state index < -0.39 is 0 Å². The summed E-state index contributed by atoms with van der Waals surface area (Å²) in [5.41, 5.74) is 2.20. The largest absolute Gasteiger partial charge is 0.481 e. The quantitative estimate of drug-likeness (QED) is 0.867. The van der Waals surface area contributed by atoms with E-state index in [1.165, 1.54) is 0 Å². The molecule has 0 fully saturated rings. The second-order valence-corrected chi connectivity index (χ2v) is 4.53. The third-order valence-electron chi connectivity index (χ3n) is 2.62. The first-order chi connectivity index (χ1) is 8.15. The summed E-state index contributed by atoms with van der Waals surface area (Å²) >= 11 is 3.45. The molecule has 2 heterocycles. The Balaban J connectivity index is 2.29. The normalized spacial score (nSPS) is 10.8. The summed E-state index contributed by atoms with van der Waals surface area (Å²) in [6.45, 7) is 2.95. The number of methoxy groups -OCH3 is 1. The standard InChI is InChI=1S/C11H15BrN4O/c1-4-16-7-8(6-13-16)5-9-10(12)14-15(2)11(9)17-3/h6-7H,4-5H2,1-3H3. The van der Waals surface area contributed by atoms with E-state index in [9.17, 15) is 0 Å². The third-order valence-corrected chi connectivity index (χ3v) is 3.26. The summed E-state index contributed by atoms with van der Waals surface area (Å²) in [6.07, 6.45) is 4.68. The molecule has 2 aromatic heterocycles. The molecule has 0 spiro atoms. The van der Waals surface area contributed by atoms with Crippen LogP contribution in [0.25, 0.3) is 0 Å². The van der Waals surface area contributed by atoms with Gasteiger partial charge < -0.3 is 4.74 Å². The van der Waals surface area contributed by atoms with Crippen molar-refractivity contribution in [2.75, 3.05) is 7.11 Å². The number of aromatic nitrogens is 4. The van der Waals surface area contributed by atoms with E-state index in [0.717, 1.165) is 34.6 Å². The van der Waals surface area contributed by atoms with E-state index >= 15 is 0 Å². The van der Waals surface area contributed by atoms with Gasteiger partial charge in [-0.25, -0.2) is 4.68 Å². The monoisotopic (exact) mass is 298 g/mol. The van der Waals surface area contributed by atoms with Crippen molar-refractivity contribution < 1.29 is 4.74 Å². The highest BCUT2D eigenvalue weighted by Gasteiger charge is 2.15. The second kappa shape index (κ2) is 4.91. The molecule has 92 valence electrons. The van der Waals surface area contributed by atoms with Gasteiger partial charge in [0.05, 0.1) is 18.9 Å². The predicted molar refractivity (Wildman–Crippen MR) is 68.2 cm³/mol. The number of halogens is 1. The Hall–Kier alpha value is -1.30. The van der Waals surface area contributed by atoms with E-state index in [1.807, 2.05) is 24.1 Å². The van der Waals surface area contributed by atoms with E-state index in [0.29, 0.717) is 0 Å². The van der Waals surface area contributed by atoms with Gasteiger partial charge in [-0.2, -0.15) is 10.2 Å². The van der Waals surface area contributed by atoms with E-state index in [4.69, 9.17) is 4.74 Å². The first-order valence-corrected chi connectivity index (χ1v) is 6.21. The van der Waals surface area contributed by atoms with Crippen LogP contribution in [-0.2, 0) is 20.0 Å². The highest BCUT2D eigenvalue weighted by Crippen LogP contribution is 2.28. The molecule has 2 aromatic rings. The number of hydrogen-bond acceptors (Lipinski definition) is 3. The summed E-state index contributed by atoms with van der Waals surface area (Å²) in [5, 5.41) is 8.54. The fraction of sp³-hybridized carbons (Fsp3) is 0.455. The van der Waals surface area contributed by atoms with Crippen LogP contribution < -0.4 is 4.74 Å². The summed E-state index contributed by atoms with van der Waals surface area (Å²) in [4.78, 5) is 0. The van der Waals surface area contributed by atoms with Crippen LogP contribution in [0, 0.1) is 0 Å². The van der Waals surface area contributed by atoms with Crippen molar-refractivity contribution >= 4 is 15.9 Å². The first kappa shape index (κ1) is 12.2. The van der Waals surface area contributed by atoms with Gasteiger partial charge in [-0.1, -0.05) is 0 Å². The number of nitrogens with zero attached hydrogens (tertiary/aromatic N) is 4. The van der Waals surface area contributed by atoms with Gasteiger partial charge in [0.15, 0.2) is 0 Å². The van der Waals surface area contributed by atoms with E-state index in [-0.39, 0.29) is 0 Å². The average Bonchev–Trinajstić information content (AvgIpc) is 2.85. The lowest BCUT2D eigenvalue weighted by Gasteiger charge is -2.02. The number of hydrogen-bond donors (Lipinski definition) is 0. The average molecular weight is 299 g/mol. The van der Waals surface area contributed by atoms with Crippen molar-refractivity contribution in [1.29, 1.82) is 0 Å². The van der Waals surface area contributed by atoms with Crippen molar-refractivity contribution in [2.24, 2.45) is 7.05 Å². The van der Waals surface area contributed by atoms with Crippen molar-refractivity contribution in [2.45, 2.75) is 19.9 Å². The zero-order chi connectivity index (χ0) is 12.4. The van der Waals surface area contributed by atoms with Crippen LogP contribution in [0.15, 0.2) is 17.0 Å². The SMILES string of the molecule is CCn1cc(Cc2c(Br)nn(C)c2OC)cn1. The maximum absolute atomic E-state index is 5.35. The summed E-state index contributed by atoms with van der Waals surface area (Å²) < 4.78 is 9.80. The van der Waals surface area contributed by atoms with Crippen molar-refractivity contribution in [3.05, 3.63) is 28.1 Å². The highest BCUT2D eigenvalue weighted by atomic mass is 79.9. The second-order valence-electron chi connectivity index (χ2n) is 3.78. The Labute approximate surface area is 109 Å². The molecule has 0 amide bonds. The number of aryl methyl sites for hydroxylation is 2. The zero-order valence-electron chi connectivity index (χ0n) is 10.1. The number of ether oxygens (including phenoxy) is 1. The van der Waals surface area contributed by atoms with Crippen molar-refractivity contribution in [3.63, 3.8) is 0 Å². The van der Waals surface area contributed by atoms with Gasteiger partial charge in [0.25, 0.3) is 0 Å². The third kappa shape index (κ3) is 2.36. The van der Waals surface area contributed by atoms with Crippen LogP contribution in [0.4, 0.5) is 0 Å². The first-order valence-electron chi connectivity index (χ1n) is 5.42. The Bertz CT molecular complexity index is 518. The minimum Gasteiger partial charge on any atom is -0.481 e. The lowest BCUT2D eigenvalue weighted by Crippen LogP contribution is -1.97. The molecule has 0 N–H and O–H groups in total. The van der Waals surface area contributed by atoms with Crippen LogP contribution in [0.5, 0.6) is 5.88 Å². The Morgan fingerprint density at radius 2 is 2.24 bits per heavy atom. The van der Waals surface area contributed by atoms with Gasteiger partial charge in [-0.3, -0.25) is 4.68 Å². The molecule has 0 saturated heterocycles. The Kier molecular flexibility index (Phi) is 3.51. The maximum Gasteiger partial charge on any atom is 0.216 e. The number of rotatable bonds is 4. The molecule has 5 nitrogen and oxygen atoms in total. The molecule has 0 unspecified atom stereocenters. The summed E-state index contributed by atoms with van der Waals surface area (Å²) in [5.74, 6) is 0.779. The van der Waals surface area contributed by atoms with E-state index in [1.54, 1.807) is 11.8 Å². The Morgan fingerprint density at radius 1 is 1.47 bits per heavy atom. The molecule has 0 radical (unpaired) electrons. The molecule has 6 heteroatoms. The fourth-order valence-corrected chi connectivity index (χ4v) is 2.35. The topological polar surface area (TPSA) is 44.9 Å². The molecule has 0 atom stereocenters. The van der Waals surface area contributed by atoms with Gasteiger partial charge in [0.2, 0.25) is 5.88 Å². The van der Waals surface area contributed by atoms with Crippen molar-refractivity contribution in [1.82, 2.24) is 19.6 Å². The maximum atomic E-state index is 5.35. The summed E-state index contributed by atoms with van der Waals surface area (Å²) in [6, 6.07) is 0. The lowest BCUT2D eigenvalue weighted by molar-refractivity contribution is 0.370. The summed E-state index contributed by atoms with van der Waals surface area (Å²) in [7, 11) is 3.52. The zero-order valence-corrected chi connectivity index (χ0v) is 11.7. The molecular formula is C11H15BrN4O. The fourth-order valence-electron chi connectivity index (χ4n) is 1.80. The minimum atomic E-state index is 0.762. The van der Waals surface area contributed by atoms with Crippen LogP contribution in [0.1, 0.15) is 18.1 Å². The predicted octanol–water partition coefficient (Wildman–Crippen LogP) is 2.00. The van der Waals surface area contributed by atoms with Gasteiger partial charge in [-0.05, 0) is 28.4 Å². The van der Waals surface area contributed by atoms with Crippen LogP contribution in [0.3, 0.4) is 0 Å². The molecule has 0 aliphatic carbocycles. The molecule has 0 saturated carbocycles. The van der Waals surface area contributed by atoms with Crippen LogP contribution >= 0.6 is 15.9 Å². The molecule has 2 rings (SSSR count). The van der Waals surface area contributed by atoms with Gasteiger partial charge >= 0.3 is 0 Å². The molecule has 0 bridgehead atoms. The molecule has 0 aliphatic rings. The van der Waals surface area contributed by atoms with Crippen LogP contribution in [0.2, 0.25) is 0 Å². The van der Waals surface area contributed by atoms with Crippen LogP contribution in [-0.4, -0.2) is 26.7 Å². The van der Waals surface area contributed by atoms with Gasteiger partial charge in [0.1, 0.15) is 4.60 Å². The van der Waals surface area contributed by atoms with E-state index in [2.05, 4.69) is 33.1 Å². The van der Waals surface area contributed by atoms with Crippen molar-refractivity contribution in [3.8, 4) is 5.88 Å². The lowest BCUT2D eigenvalue weighted by atomic mass is 10.1. The highest BCUT2D eigenvalue weighted by molar-refractivity contribution is 9.10. The Morgan fingerprint density at radius 3 is 2.82 bits per heavy atom. The smallest absolute Gasteiger partial charge is 0.216 e. The van der Waals surface area contributed by atoms with Gasteiger partial charge in [0, 0.05) is 26.2 Å². The molecule has 0 aromatic carbocycles.